The van der Waals surface area contributed by atoms with E-state index >= 15 is 0 Å². The van der Waals surface area contributed by atoms with Crippen molar-refractivity contribution in [2.75, 3.05) is 13.2 Å². The van der Waals surface area contributed by atoms with Gasteiger partial charge in [-0.25, -0.2) is 0 Å². The van der Waals surface area contributed by atoms with E-state index in [1.54, 1.807) is 30.6 Å². The van der Waals surface area contributed by atoms with Gasteiger partial charge in [-0.3, -0.25) is 4.98 Å². The van der Waals surface area contributed by atoms with Gasteiger partial charge in [0, 0.05) is 12.4 Å². The van der Waals surface area contributed by atoms with Gasteiger partial charge in [0.2, 0.25) is 0 Å². The Kier molecular flexibility index (Phi) is 6.09. The zero-order valence-corrected chi connectivity index (χ0v) is 16.9. The molecule has 1 aliphatic rings. The number of rotatable bonds is 7. The summed E-state index contributed by atoms with van der Waals surface area (Å²) in [5, 5.41) is 0. The van der Waals surface area contributed by atoms with Crippen molar-refractivity contribution in [1.29, 1.82) is 0 Å². The highest BCUT2D eigenvalue weighted by Gasteiger charge is 2.39. The number of ether oxygens (including phenoxy) is 2. The maximum Gasteiger partial charge on any atom is 0.416 e. The normalized spacial score (nSPS) is 18.2. The van der Waals surface area contributed by atoms with E-state index < -0.39 is 17.3 Å². The van der Waals surface area contributed by atoms with Crippen LogP contribution in [0.25, 0.3) is 11.1 Å². The first-order valence-corrected chi connectivity index (χ1v) is 10.0. The van der Waals surface area contributed by atoms with Crippen LogP contribution in [0.15, 0.2) is 67.0 Å². The Labute approximate surface area is 178 Å². The van der Waals surface area contributed by atoms with Crippen molar-refractivity contribution in [2.45, 2.75) is 31.4 Å². The molecule has 0 fully saturated rings. The molecule has 0 saturated heterocycles. The van der Waals surface area contributed by atoms with E-state index in [1.807, 2.05) is 24.3 Å². The molecule has 0 saturated carbocycles. The molecule has 0 aliphatic carbocycles. The summed E-state index contributed by atoms with van der Waals surface area (Å²) in [6, 6.07) is 15.2. The molecular formula is C24H23F3N2O2. The summed E-state index contributed by atoms with van der Waals surface area (Å²) in [5.74, 6) is 0. The standard InChI is InChI=1S/C24H23F3N2O2/c25-24(26,27)21-12-17(11-20(13-21)18-5-9-29-10-6-18)14-30-16-23(7-8-28)22-4-2-1-3-19(22)15-31-23/h1-6,9-13H,7-8,14-16,28H2. The van der Waals surface area contributed by atoms with Crippen LogP contribution < -0.4 is 5.73 Å². The van der Waals surface area contributed by atoms with Crippen LogP contribution in [0.2, 0.25) is 0 Å². The molecule has 2 aromatic carbocycles. The van der Waals surface area contributed by atoms with Crippen molar-refractivity contribution in [3.63, 3.8) is 0 Å². The molecule has 3 aromatic rings. The lowest BCUT2D eigenvalue weighted by molar-refractivity contribution is -0.137. The van der Waals surface area contributed by atoms with E-state index in [1.165, 1.54) is 0 Å². The van der Waals surface area contributed by atoms with Gasteiger partial charge in [0.1, 0.15) is 5.60 Å². The minimum Gasteiger partial charge on any atom is -0.373 e. The van der Waals surface area contributed by atoms with Crippen LogP contribution in [0.1, 0.15) is 28.7 Å². The average Bonchev–Trinajstić information content (AvgIpc) is 3.13. The lowest BCUT2D eigenvalue weighted by atomic mass is 9.90. The number of nitrogens with zero attached hydrogens (tertiary/aromatic N) is 1. The number of hydrogen-bond donors (Lipinski definition) is 1. The van der Waals surface area contributed by atoms with E-state index in [4.69, 9.17) is 15.2 Å². The Bertz CT molecular complexity index is 1040. The van der Waals surface area contributed by atoms with Gasteiger partial charge in [0.05, 0.1) is 25.4 Å². The maximum atomic E-state index is 13.5. The van der Waals surface area contributed by atoms with Crippen molar-refractivity contribution in [1.82, 2.24) is 4.98 Å². The topological polar surface area (TPSA) is 57.4 Å². The van der Waals surface area contributed by atoms with E-state index in [9.17, 15) is 13.2 Å². The third-order valence-corrected chi connectivity index (χ3v) is 5.50. The molecule has 162 valence electrons. The van der Waals surface area contributed by atoms with E-state index in [2.05, 4.69) is 4.98 Å². The molecule has 31 heavy (non-hydrogen) atoms. The molecule has 2 N–H and O–H groups in total. The van der Waals surface area contributed by atoms with E-state index in [0.717, 1.165) is 23.3 Å². The number of aromatic nitrogens is 1. The van der Waals surface area contributed by atoms with Crippen LogP contribution in [0.3, 0.4) is 0 Å². The van der Waals surface area contributed by atoms with Gasteiger partial charge in [-0.05, 0) is 71.1 Å². The molecule has 0 bridgehead atoms. The maximum absolute atomic E-state index is 13.5. The van der Waals surface area contributed by atoms with Crippen LogP contribution in [0.4, 0.5) is 13.2 Å². The second kappa shape index (κ2) is 8.78. The fraction of sp³-hybridized carbons (Fsp3) is 0.292. The molecule has 0 spiro atoms. The zero-order chi connectivity index (χ0) is 21.9. The number of alkyl halides is 3. The van der Waals surface area contributed by atoms with Crippen LogP contribution >= 0.6 is 0 Å². The Morgan fingerprint density at radius 3 is 2.55 bits per heavy atom. The smallest absolute Gasteiger partial charge is 0.373 e. The summed E-state index contributed by atoms with van der Waals surface area (Å²) in [6.07, 6.45) is -0.782. The molecule has 1 atom stereocenters. The van der Waals surface area contributed by atoms with Crippen LogP contribution in [-0.2, 0) is 34.5 Å². The summed E-state index contributed by atoms with van der Waals surface area (Å²) < 4.78 is 52.4. The lowest BCUT2D eigenvalue weighted by Crippen LogP contribution is -2.34. The van der Waals surface area contributed by atoms with Crippen molar-refractivity contribution in [3.05, 3.63) is 89.2 Å². The summed E-state index contributed by atoms with van der Waals surface area (Å²) in [7, 11) is 0. The molecule has 1 aromatic heterocycles. The Morgan fingerprint density at radius 2 is 1.81 bits per heavy atom. The fourth-order valence-corrected chi connectivity index (χ4v) is 4.00. The van der Waals surface area contributed by atoms with Crippen LogP contribution in [0.5, 0.6) is 0 Å². The van der Waals surface area contributed by atoms with Gasteiger partial charge < -0.3 is 15.2 Å². The minimum absolute atomic E-state index is 0.0276. The molecule has 1 unspecified atom stereocenters. The molecule has 7 heteroatoms. The number of hydrogen-bond acceptors (Lipinski definition) is 4. The van der Waals surface area contributed by atoms with Gasteiger partial charge >= 0.3 is 6.18 Å². The predicted molar refractivity (Wildman–Crippen MR) is 111 cm³/mol. The minimum atomic E-state index is -4.45. The monoisotopic (exact) mass is 428 g/mol. The van der Waals surface area contributed by atoms with E-state index in [0.29, 0.717) is 36.3 Å². The fourth-order valence-electron chi connectivity index (χ4n) is 4.00. The van der Waals surface area contributed by atoms with Gasteiger partial charge in [0.25, 0.3) is 0 Å². The number of benzene rings is 2. The van der Waals surface area contributed by atoms with Crippen molar-refractivity contribution >= 4 is 0 Å². The predicted octanol–water partition coefficient (Wildman–Crippen LogP) is 5.06. The largest absolute Gasteiger partial charge is 0.416 e. The third kappa shape index (κ3) is 4.63. The van der Waals surface area contributed by atoms with Crippen molar-refractivity contribution < 1.29 is 22.6 Å². The molecule has 0 amide bonds. The first kappa shape index (κ1) is 21.5. The Morgan fingerprint density at radius 1 is 1.03 bits per heavy atom. The number of pyridine rings is 1. The summed E-state index contributed by atoms with van der Waals surface area (Å²) in [5.41, 5.74) is 8.11. The molecular weight excluding hydrogens is 405 g/mol. The van der Waals surface area contributed by atoms with Gasteiger partial charge in [0.15, 0.2) is 0 Å². The van der Waals surface area contributed by atoms with Crippen LogP contribution in [0, 0.1) is 0 Å². The highest BCUT2D eigenvalue weighted by Crippen LogP contribution is 2.39. The average molecular weight is 428 g/mol. The Balaban J connectivity index is 1.57. The highest BCUT2D eigenvalue weighted by molar-refractivity contribution is 5.64. The number of fused-ring (bicyclic) bond motifs is 1. The van der Waals surface area contributed by atoms with Gasteiger partial charge in [-0.15, -0.1) is 0 Å². The third-order valence-electron chi connectivity index (χ3n) is 5.50. The Hall–Kier alpha value is -2.74. The van der Waals surface area contributed by atoms with Gasteiger partial charge in [-0.2, -0.15) is 13.2 Å². The van der Waals surface area contributed by atoms with Crippen molar-refractivity contribution in [3.8, 4) is 11.1 Å². The second-order valence-electron chi connectivity index (χ2n) is 7.62. The number of halogens is 3. The van der Waals surface area contributed by atoms with Crippen molar-refractivity contribution in [2.24, 2.45) is 5.73 Å². The molecule has 0 radical (unpaired) electrons. The summed E-state index contributed by atoms with van der Waals surface area (Å²) >= 11 is 0. The van der Waals surface area contributed by atoms with E-state index in [-0.39, 0.29) is 13.2 Å². The summed E-state index contributed by atoms with van der Waals surface area (Å²) in [4.78, 5) is 3.93. The second-order valence-corrected chi connectivity index (χ2v) is 7.62. The first-order valence-electron chi connectivity index (χ1n) is 10.0. The van der Waals surface area contributed by atoms with Gasteiger partial charge in [-0.1, -0.05) is 24.3 Å². The molecule has 1 aliphatic heterocycles. The molecule has 4 nitrogen and oxygen atoms in total. The first-order chi connectivity index (χ1) is 14.9. The SMILES string of the molecule is NCCC1(COCc2cc(-c3ccncc3)cc(C(F)(F)F)c2)OCc2ccccc21. The molecule has 2 heterocycles. The lowest BCUT2D eigenvalue weighted by Gasteiger charge is -2.29. The molecule has 4 rings (SSSR count). The number of nitrogens with two attached hydrogens (primary N) is 1. The van der Waals surface area contributed by atoms with Crippen LogP contribution in [-0.4, -0.2) is 18.1 Å². The highest BCUT2D eigenvalue weighted by atomic mass is 19.4. The zero-order valence-electron chi connectivity index (χ0n) is 16.9. The summed E-state index contributed by atoms with van der Waals surface area (Å²) in [6.45, 7) is 1.12. The quantitative estimate of drug-likeness (QED) is 0.572.